The van der Waals surface area contributed by atoms with Crippen molar-refractivity contribution in [3.63, 3.8) is 0 Å². The van der Waals surface area contributed by atoms with Gasteiger partial charge in [-0.2, -0.15) is 0 Å². The maximum Gasteiger partial charge on any atom is 0.0594 e. The quantitative estimate of drug-likeness (QED) is 0.519. The summed E-state index contributed by atoms with van der Waals surface area (Å²) < 4.78 is 2.47. The van der Waals surface area contributed by atoms with Gasteiger partial charge < -0.3 is 3.11 Å². The van der Waals surface area contributed by atoms with Gasteiger partial charge in [-0.05, 0) is 24.5 Å². The zero-order valence-electron chi connectivity index (χ0n) is 8.12. The van der Waals surface area contributed by atoms with E-state index in [0.717, 1.165) is 12.0 Å². The molecule has 0 bridgehead atoms. The molecule has 1 saturated carbocycles. The van der Waals surface area contributed by atoms with Crippen LogP contribution in [0.4, 0.5) is 5.69 Å². The minimum absolute atomic E-state index is 0.779. The maximum atomic E-state index is 2.49. The zero-order chi connectivity index (χ0) is 9.54. The summed E-state index contributed by atoms with van der Waals surface area (Å²) >= 11 is 2.49. The smallest absolute Gasteiger partial charge is 0.0594 e. The number of hydrogen-bond acceptors (Lipinski definition) is 1. The van der Waals surface area contributed by atoms with Crippen LogP contribution in [0.5, 0.6) is 0 Å². The molecule has 0 amide bonds. The predicted octanol–water partition coefficient (Wildman–Crippen LogP) is 3.88. The molecule has 0 saturated heterocycles. The minimum Gasteiger partial charge on any atom is -0.311 e. The van der Waals surface area contributed by atoms with Crippen LogP contribution in [0.3, 0.4) is 0 Å². The Kier molecular flexibility index (Phi) is 2.19. The van der Waals surface area contributed by atoms with Gasteiger partial charge in [0.25, 0.3) is 0 Å². The second-order valence-electron chi connectivity index (χ2n) is 4.33. The summed E-state index contributed by atoms with van der Waals surface area (Å²) in [4.78, 5) is 0. The van der Waals surface area contributed by atoms with Crippen LogP contribution in [0, 0.1) is 0 Å². The molecule has 0 radical (unpaired) electrons. The van der Waals surface area contributed by atoms with Gasteiger partial charge in [-0.15, -0.1) is 0 Å². The van der Waals surface area contributed by atoms with Crippen LogP contribution in [0.2, 0.25) is 0 Å². The van der Waals surface area contributed by atoms with E-state index in [4.69, 9.17) is 0 Å². The first-order valence-corrected chi connectivity index (χ1v) is 6.38. The molecule has 2 unspecified atom stereocenters. The van der Waals surface area contributed by atoms with Crippen molar-refractivity contribution in [1.29, 1.82) is 0 Å². The lowest BCUT2D eigenvalue weighted by atomic mass is 9.83. The molecule has 3 rings (SSSR count). The van der Waals surface area contributed by atoms with Crippen LogP contribution in [0.1, 0.15) is 37.2 Å². The Hall–Kier alpha value is -0.250. The minimum atomic E-state index is 0.779. The number of rotatable bonds is 0. The SMILES string of the molecule is IN1c2ccccc2C2CCCCC21. The van der Waals surface area contributed by atoms with E-state index in [2.05, 4.69) is 50.2 Å². The normalized spacial score (nSPS) is 29.9. The number of benzene rings is 1. The van der Waals surface area contributed by atoms with E-state index in [-0.39, 0.29) is 0 Å². The van der Waals surface area contributed by atoms with E-state index in [9.17, 15) is 0 Å². The lowest BCUT2D eigenvalue weighted by molar-refractivity contribution is 0.413. The van der Waals surface area contributed by atoms with Gasteiger partial charge >= 0.3 is 0 Å². The van der Waals surface area contributed by atoms with E-state index in [0.29, 0.717) is 0 Å². The Labute approximate surface area is 99.0 Å². The van der Waals surface area contributed by atoms with Gasteiger partial charge in [0.15, 0.2) is 0 Å². The number of fused-ring (bicyclic) bond motifs is 3. The summed E-state index contributed by atoms with van der Waals surface area (Å²) in [5.41, 5.74) is 3.05. The average molecular weight is 299 g/mol. The molecule has 0 spiro atoms. The predicted molar refractivity (Wildman–Crippen MR) is 67.9 cm³/mol. The van der Waals surface area contributed by atoms with Crippen molar-refractivity contribution < 1.29 is 0 Å². The second-order valence-corrected chi connectivity index (χ2v) is 5.37. The highest BCUT2D eigenvalue weighted by molar-refractivity contribution is 14.1. The lowest BCUT2D eigenvalue weighted by Gasteiger charge is -2.29. The molecule has 2 heteroatoms. The monoisotopic (exact) mass is 299 g/mol. The van der Waals surface area contributed by atoms with E-state index in [1.165, 1.54) is 31.4 Å². The fourth-order valence-electron chi connectivity index (χ4n) is 2.92. The number of hydrogen-bond donors (Lipinski definition) is 0. The molecule has 1 aromatic carbocycles. The number of nitrogens with zero attached hydrogens (tertiary/aromatic N) is 1. The lowest BCUT2D eigenvalue weighted by Crippen LogP contribution is -2.28. The van der Waals surface area contributed by atoms with Gasteiger partial charge in [-0.3, -0.25) is 0 Å². The van der Waals surface area contributed by atoms with Gasteiger partial charge in [0, 0.05) is 17.6 Å². The van der Waals surface area contributed by atoms with Crippen molar-refractivity contribution in [3.05, 3.63) is 29.8 Å². The van der Waals surface area contributed by atoms with Crippen molar-refractivity contribution in [2.75, 3.05) is 3.11 Å². The third kappa shape index (κ3) is 1.19. The fourth-order valence-corrected chi connectivity index (χ4v) is 4.03. The Morgan fingerprint density at radius 3 is 2.86 bits per heavy atom. The molecular weight excluding hydrogens is 285 g/mol. The third-order valence-corrected chi connectivity index (χ3v) is 4.82. The zero-order valence-corrected chi connectivity index (χ0v) is 10.3. The molecule has 74 valence electrons. The maximum absolute atomic E-state index is 2.49. The molecule has 1 aromatic rings. The van der Waals surface area contributed by atoms with Crippen molar-refractivity contribution in [2.24, 2.45) is 0 Å². The first kappa shape index (κ1) is 9.01. The van der Waals surface area contributed by atoms with Crippen LogP contribution >= 0.6 is 22.9 Å². The van der Waals surface area contributed by atoms with Crippen LogP contribution < -0.4 is 3.11 Å². The molecule has 2 atom stereocenters. The molecule has 1 aliphatic carbocycles. The molecule has 2 aliphatic rings. The molecule has 1 heterocycles. The molecule has 1 fully saturated rings. The van der Waals surface area contributed by atoms with Crippen LogP contribution in [0.25, 0.3) is 0 Å². The number of anilines is 1. The van der Waals surface area contributed by atoms with Gasteiger partial charge in [-0.25, -0.2) is 0 Å². The summed E-state index contributed by atoms with van der Waals surface area (Å²) in [5, 5.41) is 0. The van der Waals surface area contributed by atoms with Crippen molar-refractivity contribution >= 4 is 28.6 Å². The van der Waals surface area contributed by atoms with Gasteiger partial charge in [-0.1, -0.05) is 31.0 Å². The van der Waals surface area contributed by atoms with E-state index < -0.39 is 0 Å². The second kappa shape index (κ2) is 3.40. The Morgan fingerprint density at radius 2 is 1.93 bits per heavy atom. The summed E-state index contributed by atoms with van der Waals surface area (Å²) in [7, 11) is 0. The van der Waals surface area contributed by atoms with E-state index >= 15 is 0 Å². The highest BCUT2D eigenvalue weighted by Gasteiger charge is 2.38. The van der Waals surface area contributed by atoms with Crippen LogP contribution in [-0.2, 0) is 0 Å². The van der Waals surface area contributed by atoms with Gasteiger partial charge in [0.05, 0.1) is 22.9 Å². The van der Waals surface area contributed by atoms with Crippen molar-refractivity contribution in [3.8, 4) is 0 Å². The van der Waals surface area contributed by atoms with Gasteiger partial charge in [0.2, 0.25) is 0 Å². The number of halogens is 1. The van der Waals surface area contributed by atoms with Gasteiger partial charge in [0.1, 0.15) is 0 Å². The Bertz CT molecular complexity index is 350. The van der Waals surface area contributed by atoms with Crippen LogP contribution in [-0.4, -0.2) is 6.04 Å². The largest absolute Gasteiger partial charge is 0.311 e. The molecule has 1 aliphatic heterocycles. The highest BCUT2D eigenvalue weighted by atomic mass is 127. The average Bonchev–Trinajstić information content (AvgIpc) is 2.55. The fraction of sp³-hybridized carbons (Fsp3) is 0.500. The molecule has 14 heavy (non-hydrogen) atoms. The van der Waals surface area contributed by atoms with E-state index in [1.807, 2.05) is 0 Å². The highest BCUT2D eigenvalue weighted by Crippen LogP contribution is 2.49. The first-order valence-electron chi connectivity index (χ1n) is 5.42. The summed E-state index contributed by atoms with van der Waals surface area (Å²) in [5.74, 6) is 0.817. The number of para-hydroxylation sites is 1. The molecule has 0 N–H and O–H groups in total. The van der Waals surface area contributed by atoms with E-state index in [1.54, 1.807) is 5.56 Å². The van der Waals surface area contributed by atoms with Crippen molar-refractivity contribution in [2.45, 2.75) is 37.6 Å². The third-order valence-electron chi connectivity index (χ3n) is 3.59. The standard InChI is InChI=1S/C12H14IN/c13-14-11-7-3-1-5-9(11)10-6-2-4-8-12(10)14/h1,3,5,7,10,12H,2,4,6,8H2. The Balaban J connectivity index is 2.06. The summed E-state index contributed by atoms with van der Waals surface area (Å²) in [6, 6.07) is 9.70. The molecular formula is C12H14IN. The van der Waals surface area contributed by atoms with Crippen LogP contribution in [0.15, 0.2) is 24.3 Å². The molecule has 1 nitrogen and oxygen atoms in total. The summed E-state index contributed by atoms with van der Waals surface area (Å²) in [6.07, 6.45) is 5.60. The Morgan fingerprint density at radius 1 is 1.14 bits per heavy atom. The first-order chi connectivity index (χ1) is 6.88. The summed E-state index contributed by atoms with van der Waals surface area (Å²) in [6.45, 7) is 0. The van der Waals surface area contributed by atoms with Crippen molar-refractivity contribution in [1.82, 2.24) is 0 Å². The topological polar surface area (TPSA) is 3.24 Å². The molecule has 0 aromatic heterocycles.